The van der Waals surface area contributed by atoms with Gasteiger partial charge in [0.15, 0.2) is 0 Å². The maximum atomic E-state index is 9.72. The molecule has 0 amide bonds. The zero-order valence-electron chi connectivity index (χ0n) is 8.78. The monoisotopic (exact) mass is 270 g/mol. The summed E-state index contributed by atoms with van der Waals surface area (Å²) >= 11 is 3.49. The van der Waals surface area contributed by atoms with E-state index in [4.69, 9.17) is 0 Å². The quantitative estimate of drug-likeness (QED) is 0.852. The first-order chi connectivity index (χ1) is 7.18. The molecule has 0 saturated carbocycles. The van der Waals surface area contributed by atoms with E-state index < -0.39 is 0 Å². The second-order valence-corrected chi connectivity index (χ2v) is 4.82. The summed E-state index contributed by atoms with van der Waals surface area (Å²) in [6.07, 6.45) is 7.59. The number of nitrogens with zero attached hydrogens (tertiary/aromatic N) is 2. The predicted octanol–water partition coefficient (Wildman–Crippen LogP) is 2.50. The molecule has 1 aliphatic rings. The van der Waals surface area contributed by atoms with E-state index >= 15 is 0 Å². The van der Waals surface area contributed by atoms with E-state index in [0.29, 0.717) is 0 Å². The standard InChI is InChI=1S/C11H15BrN2O/c1-14-11(10(12)7-13-14)8-4-2-3-5-9(15)6-8/h6-7,9,15H,2-5H2,1H3. The highest BCUT2D eigenvalue weighted by molar-refractivity contribution is 9.10. The maximum Gasteiger partial charge on any atom is 0.0778 e. The lowest BCUT2D eigenvalue weighted by Gasteiger charge is -2.07. The van der Waals surface area contributed by atoms with Gasteiger partial charge < -0.3 is 5.11 Å². The van der Waals surface area contributed by atoms with Crippen LogP contribution in [0.3, 0.4) is 0 Å². The number of allylic oxidation sites excluding steroid dienone is 1. The summed E-state index contributed by atoms with van der Waals surface area (Å²) in [5.74, 6) is 0. The van der Waals surface area contributed by atoms with Crippen molar-refractivity contribution >= 4 is 21.5 Å². The van der Waals surface area contributed by atoms with Gasteiger partial charge in [-0.15, -0.1) is 0 Å². The summed E-state index contributed by atoms with van der Waals surface area (Å²) in [5, 5.41) is 13.9. The van der Waals surface area contributed by atoms with Crippen molar-refractivity contribution in [1.29, 1.82) is 0 Å². The van der Waals surface area contributed by atoms with Gasteiger partial charge in [0.1, 0.15) is 0 Å². The largest absolute Gasteiger partial charge is 0.389 e. The van der Waals surface area contributed by atoms with Gasteiger partial charge in [-0.3, -0.25) is 4.68 Å². The molecule has 1 aromatic rings. The van der Waals surface area contributed by atoms with Crippen molar-refractivity contribution in [3.63, 3.8) is 0 Å². The second-order valence-electron chi connectivity index (χ2n) is 3.97. The first kappa shape index (κ1) is 10.9. The molecule has 1 aliphatic carbocycles. The van der Waals surface area contributed by atoms with Crippen LogP contribution in [0.5, 0.6) is 0 Å². The molecule has 0 saturated heterocycles. The highest BCUT2D eigenvalue weighted by atomic mass is 79.9. The summed E-state index contributed by atoms with van der Waals surface area (Å²) in [6.45, 7) is 0. The van der Waals surface area contributed by atoms with E-state index in [0.717, 1.165) is 35.8 Å². The molecule has 1 atom stereocenters. The summed E-state index contributed by atoms with van der Waals surface area (Å²) in [5.41, 5.74) is 2.29. The Bertz CT molecular complexity index is 364. The Kier molecular flexibility index (Phi) is 3.26. The molecular formula is C11H15BrN2O. The third kappa shape index (κ3) is 2.32. The van der Waals surface area contributed by atoms with Gasteiger partial charge in [0.05, 0.1) is 22.5 Å². The smallest absolute Gasteiger partial charge is 0.0778 e. The average molecular weight is 271 g/mol. The van der Waals surface area contributed by atoms with E-state index in [1.165, 1.54) is 5.57 Å². The van der Waals surface area contributed by atoms with Crippen molar-refractivity contribution in [2.24, 2.45) is 7.05 Å². The topological polar surface area (TPSA) is 38.0 Å². The molecule has 0 spiro atoms. The van der Waals surface area contributed by atoms with Crippen LogP contribution in [-0.4, -0.2) is 21.0 Å². The summed E-state index contributed by atoms with van der Waals surface area (Å²) < 4.78 is 2.86. The minimum Gasteiger partial charge on any atom is -0.389 e. The van der Waals surface area contributed by atoms with Gasteiger partial charge in [-0.05, 0) is 40.8 Å². The molecular weight excluding hydrogens is 256 g/mol. The Balaban J connectivity index is 2.36. The van der Waals surface area contributed by atoms with Gasteiger partial charge in [-0.25, -0.2) is 0 Å². The normalized spacial score (nSPS) is 22.3. The van der Waals surface area contributed by atoms with E-state index in [9.17, 15) is 5.11 Å². The minimum absolute atomic E-state index is 0.302. The minimum atomic E-state index is -0.302. The van der Waals surface area contributed by atoms with Gasteiger partial charge in [0, 0.05) is 7.05 Å². The molecule has 0 aliphatic heterocycles. The number of rotatable bonds is 1. The van der Waals surface area contributed by atoms with Crippen molar-refractivity contribution < 1.29 is 5.11 Å². The van der Waals surface area contributed by atoms with Crippen LogP contribution in [0.2, 0.25) is 0 Å². The molecule has 3 nitrogen and oxygen atoms in total. The number of aliphatic hydroxyl groups is 1. The lowest BCUT2D eigenvalue weighted by Crippen LogP contribution is -2.02. The van der Waals surface area contributed by atoms with Crippen molar-refractivity contribution in [1.82, 2.24) is 9.78 Å². The van der Waals surface area contributed by atoms with Crippen LogP contribution in [0.1, 0.15) is 31.4 Å². The van der Waals surface area contributed by atoms with Crippen LogP contribution < -0.4 is 0 Å². The molecule has 1 heterocycles. The summed E-state index contributed by atoms with van der Waals surface area (Å²) in [7, 11) is 1.93. The second kappa shape index (κ2) is 4.49. The lowest BCUT2D eigenvalue weighted by molar-refractivity contribution is 0.211. The summed E-state index contributed by atoms with van der Waals surface area (Å²) in [6, 6.07) is 0. The number of aromatic nitrogens is 2. The molecule has 0 radical (unpaired) electrons. The Morgan fingerprint density at radius 3 is 3.00 bits per heavy atom. The molecule has 1 N–H and O–H groups in total. The average Bonchev–Trinajstić information content (AvgIpc) is 2.40. The molecule has 82 valence electrons. The van der Waals surface area contributed by atoms with Crippen LogP contribution in [0.15, 0.2) is 16.7 Å². The highest BCUT2D eigenvalue weighted by Crippen LogP contribution is 2.30. The van der Waals surface area contributed by atoms with Gasteiger partial charge >= 0.3 is 0 Å². The molecule has 0 bridgehead atoms. The SMILES string of the molecule is Cn1ncc(Br)c1C1=CC(O)CCCC1. The fourth-order valence-corrected chi connectivity index (χ4v) is 2.64. The van der Waals surface area contributed by atoms with E-state index in [1.54, 1.807) is 6.20 Å². The van der Waals surface area contributed by atoms with Gasteiger partial charge in [-0.1, -0.05) is 12.5 Å². The van der Waals surface area contributed by atoms with E-state index in [1.807, 2.05) is 17.8 Å². The van der Waals surface area contributed by atoms with Crippen LogP contribution in [-0.2, 0) is 7.05 Å². The zero-order chi connectivity index (χ0) is 10.8. The maximum absolute atomic E-state index is 9.72. The molecule has 2 rings (SSSR count). The predicted molar refractivity (Wildman–Crippen MR) is 63.4 cm³/mol. The molecule has 0 aromatic carbocycles. The van der Waals surface area contributed by atoms with E-state index in [2.05, 4.69) is 21.0 Å². The Labute approximate surface area is 97.9 Å². The van der Waals surface area contributed by atoms with Crippen LogP contribution in [0.4, 0.5) is 0 Å². The molecule has 1 aromatic heterocycles. The van der Waals surface area contributed by atoms with Crippen LogP contribution in [0, 0.1) is 0 Å². The third-order valence-electron chi connectivity index (χ3n) is 2.79. The van der Waals surface area contributed by atoms with Crippen LogP contribution >= 0.6 is 15.9 Å². The van der Waals surface area contributed by atoms with Crippen molar-refractivity contribution in [3.05, 3.63) is 22.4 Å². The van der Waals surface area contributed by atoms with E-state index in [-0.39, 0.29) is 6.10 Å². The Morgan fingerprint density at radius 2 is 2.33 bits per heavy atom. The van der Waals surface area contributed by atoms with Crippen molar-refractivity contribution in [2.45, 2.75) is 31.8 Å². The number of hydrogen-bond acceptors (Lipinski definition) is 2. The molecule has 0 fully saturated rings. The number of aryl methyl sites for hydroxylation is 1. The lowest BCUT2D eigenvalue weighted by atomic mass is 10.1. The van der Waals surface area contributed by atoms with Gasteiger partial charge in [0.2, 0.25) is 0 Å². The molecule has 1 unspecified atom stereocenters. The fourth-order valence-electron chi connectivity index (χ4n) is 2.04. The van der Waals surface area contributed by atoms with Crippen LogP contribution in [0.25, 0.3) is 5.57 Å². The first-order valence-corrected chi connectivity index (χ1v) is 6.04. The fraction of sp³-hybridized carbons (Fsp3) is 0.545. The summed E-state index contributed by atoms with van der Waals surface area (Å²) in [4.78, 5) is 0. The molecule has 4 heteroatoms. The van der Waals surface area contributed by atoms with Gasteiger partial charge in [0.25, 0.3) is 0 Å². The van der Waals surface area contributed by atoms with Crippen molar-refractivity contribution in [3.8, 4) is 0 Å². The third-order valence-corrected chi connectivity index (χ3v) is 3.37. The highest BCUT2D eigenvalue weighted by Gasteiger charge is 2.15. The number of halogens is 1. The molecule has 15 heavy (non-hydrogen) atoms. The number of aliphatic hydroxyl groups excluding tert-OH is 1. The first-order valence-electron chi connectivity index (χ1n) is 5.25. The zero-order valence-corrected chi connectivity index (χ0v) is 10.4. The Hall–Kier alpha value is -0.610. The number of hydrogen-bond donors (Lipinski definition) is 1. The van der Waals surface area contributed by atoms with Gasteiger partial charge in [-0.2, -0.15) is 5.10 Å². The van der Waals surface area contributed by atoms with Crippen molar-refractivity contribution in [2.75, 3.05) is 0 Å². The Morgan fingerprint density at radius 1 is 1.53 bits per heavy atom.